The number of amides is 1. The molecule has 1 heterocycles. The number of nitrogens with one attached hydrogen (secondary N) is 1. The highest BCUT2D eigenvalue weighted by Gasteiger charge is 2.23. The van der Waals surface area contributed by atoms with Gasteiger partial charge in [0.05, 0.1) is 6.54 Å². The summed E-state index contributed by atoms with van der Waals surface area (Å²) in [4.78, 5) is 11.7. The minimum absolute atomic E-state index is 0.107. The largest absolute Gasteiger partial charge is 0.384 e. The van der Waals surface area contributed by atoms with Crippen molar-refractivity contribution >= 4 is 23.3 Å². The van der Waals surface area contributed by atoms with Crippen LogP contribution in [0.1, 0.15) is 18.1 Å². The van der Waals surface area contributed by atoms with Crippen molar-refractivity contribution in [2.24, 2.45) is 0 Å². The van der Waals surface area contributed by atoms with Gasteiger partial charge in [0, 0.05) is 6.08 Å². The Morgan fingerprint density at radius 3 is 2.95 bits per heavy atom. The predicted octanol–water partition coefficient (Wildman–Crippen LogP) is 2.92. The van der Waals surface area contributed by atoms with E-state index in [0.717, 1.165) is 5.56 Å². The van der Waals surface area contributed by atoms with Crippen LogP contribution in [-0.2, 0) is 10.4 Å². The Kier molecular flexibility index (Phi) is 4.88. The average molecular weight is 305 g/mol. The molecule has 21 heavy (non-hydrogen) atoms. The van der Waals surface area contributed by atoms with Gasteiger partial charge in [-0.3, -0.25) is 4.79 Å². The Labute approximate surface area is 126 Å². The normalized spacial score (nSPS) is 14.0. The fourth-order valence-corrected chi connectivity index (χ4v) is 2.56. The molecule has 0 aliphatic heterocycles. The third kappa shape index (κ3) is 4.51. The Bertz CT molecular complexity index is 635. The molecule has 1 atom stereocenters. The van der Waals surface area contributed by atoms with Gasteiger partial charge in [0.2, 0.25) is 5.91 Å². The zero-order chi connectivity index (χ0) is 15.3. The van der Waals surface area contributed by atoms with Gasteiger partial charge < -0.3 is 10.4 Å². The van der Waals surface area contributed by atoms with Gasteiger partial charge in [-0.2, -0.15) is 11.3 Å². The molecule has 0 radical (unpaired) electrons. The lowest BCUT2D eigenvalue weighted by atomic mass is 9.99. The van der Waals surface area contributed by atoms with E-state index in [4.69, 9.17) is 0 Å². The number of carbonyl (C=O) groups excluding carboxylic acids is 1. The number of carbonyl (C=O) groups is 1. The van der Waals surface area contributed by atoms with E-state index in [1.54, 1.807) is 19.1 Å². The molecule has 3 nitrogen and oxygen atoms in total. The summed E-state index contributed by atoms with van der Waals surface area (Å²) >= 11 is 1.49. The molecule has 2 rings (SSSR count). The topological polar surface area (TPSA) is 49.3 Å². The maximum absolute atomic E-state index is 13.0. The van der Waals surface area contributed by atoms with E-state index in [1.165, 1.54) is 35.6 Å². The zero-order valence-electron chi connectivity index (χ0n) is 11.5. The first-order chi connectivity index (χ1) is 9.97. The van der Waals surface area contributed by atoms with Gasteiger partial charge >= 0.3 is 0 Å². The van der Waals surface area contributed by atoms with E-state index in [1.807, 2.05) is 16.8 Å². The van der Waals surface area contributed by atoms with Crippen LogP contribution in [0.4, 0.5) is 4.39 Å². The third-order valence-electron chi connectivity index (χ3n) is 3.03. The SMILES string of the molecule is CC(O)(CNC(=O)C=Cc1cccc(F)c1)c1ccsc1. The molecule has 1 aromatic heterocycles. The summed E-state index contributed by atoms with van der Waals surface area (Å²) in [6, 6.07) is 7.78. The van der Waals surface area contributed by atoms with Gasteiger partial charge in [-0.25, -0.2) is 4.39 Å². The second-order valence-corrected chi connectivity index (χ2v) is 5.67. The molecular formula is C16H16FNO2S. The second kappa shape index (κ2) is 6.65. The maximum atomic E-state index is 13.0. The first kappa shape index (κ1) is 15.4. The predicted molar refractivity (Wildman–Crippen MR) is 82.3 cm³/mol. The molecule has 2 aromatic rings. The molecule has 0 aliphatic rings. The molecule has 2 N–H and O–H groups in total. The second-order valence-electron chi connectivity index (χ2n) is 4.89. The van der Waals surface area contributed by atoms with Crippen LogP contribution < -0.4 is 5.32 Å². The molecule has 0 spiro atoms. The molecule has 1 unspecified atom stereocenters. The van der Waals surface area contributed by atoms with Crippen LogP contribution in [0.25, 0.3) is 6.08 Å². The monoisotopic (exact) mass is 305 g/mol. The van der Waals surface area contributed by atoms with Gasteiger partial charge in [0.1, 0.15) is 11.4 Å². The number of hydrogen-bond acceptors (Lipinski definition) is 3. The van der Waals surface area contributed by atoms with Crippen LogP contribution in [-0.4, -0.2) is 17.6 Å². The van der Waals surface area contributed by atoms with Crippen LogP contribution in [0.2, 0.25) is 0 Å². The third-order valence-corrected chi connectivity index (χ3v) is 3.71. The first-order valence-electron chi connectivity index (χ1n) is 6.44. The Hall–Kier alpha value is -1.98. The molecular weight excluding hydrogens is 289 g/mol. The molecule has 0 saturated carbocycles. The lowest BCUT2D eigenvalue weighted by Gasteiger charge is -2.22. The van der Waals surface area contributed by atoms with E-state index in [0.29, 0.717) is 5.56 Å². The smallest absolute Gasteiger partial charge is 0.244 e. The summed E-state index contributed by atoms with van der Waals surface area (Å²) in [5.74, 6) is -0.687. The number of halogens is 1. The van der Waals surface area contributed by atoms with Crippen molar-refractivity contribution in [3.8, 4) is 0 Å². The lowest BCUT2D eigenvalue weighted by Crippen LogP contribution is -2.37. The summed E-state index contributed by atoms with van der Waals surface area (Å²) < 4.78 is 13.0. The molecule has 1 aromatic carbocycles. The standard InChI is InChI=1S/C16H16FNO2S/c1-16(20,13-7-8-21-10-13)11-18-15(19)6-5-12-3-2-4-14(17)9-12/h2-10,20H,11H2,1H3,(H,18,19). The van der Waals surface area contributed by atoms with Crippen molar-refractivity contribution in [3.05, 3.63) is 64.1 Å². The highest BCUT2D eigenvalue weighted by Crippen LogP contribution is 2.21. The minimum atomic E-state index is -1.11. The van der Waals surface area contributed by atoms with Crippen molar-refractivity contribution in [1.29, 1.82) is 0 Å². The molecule has 0 saturated heterocycles. The highest BCUT2D eigenvalue weighted by atomic mass is 32.1. The van der Waals surface area contributed by atoms with Crippen molar-refractivity contribution in [2.45, 2.75) is 12.5 Å². The number of thiophene rings is 1. The van der Waals surface area contributed by atoms with Gasteiger partial charge in [0.15, 0.2) is 0 Å². The number of benzene rings is 1. The van der Waals surface area contributed by atoms with Crippen LogP contribution in [0.15, 0.2) is 47.2 Å². The number of hydrogen-bond donors (Lipinski definition) is 2. The quantitative estimate of drug-likeness (QED) is 0.835. The van der Waals surface area contributed by atoms with E-state index >= 15 is 0 Å². The Morgan fingerprint density at radius 1 is 1.48 bits per heavy atom. The summed E-state index contributed by atoms with van der Waals surface area (Å²) in [7, 11) is 0. The van der Waals surface area contributed by atoms with Crippen LogP contribution in [0.5, 0.6) is 0 Å². The fourth-order valence-electron chi connectivity index (χ4n) is 1.77. The van der Waals surface area contributed by atoms with Gasteiger partial charge in [-0.1, -0.05) is 12.1 Å². The minimum Gasteiger partial charge on any atom is -0.384 e. The van der Waals surface area contributed by atoms with Crippen LogP contribution in [0.3, 0.4) is 0 Å². The van der Waals surface area contributed by atoms with Gasteiger partial charge in [-0.15, -0.1) is 0 Å². The zero-order valence-corrected chi connectivity index (χ0v) is 12.4. The molecule has 0 fully saturated rings. The summed E-state index contributed by atoms with van der Waals surface area (Å²) in [6.07, 6.45) is 2.84. The fraction of sp³-hybridized carbons (Fsp3) is 0.188. The van der Waals surface area contributed by atoms with Gasteiger partial charge in [0.25, 0.3) is 0 Å². The molecule has 0 aliphatic carbocycles. The summed E-state index contributed by atoms with van der Waals surface area (Å²) in [5, 5.41) is 16.6. The first-order valence-corrected chi connectivity index (χ1v) is 7.38. The van der Waals surface area contributed by atoms with E-state index < -0.39 is 5.60 Å². The van der Waals surface area contributed by atoms with Crippen LogP contribution >= 0.6 is 11.3 Å². The molecule has 5 heteroatoms. The summed E-state index contributed by atoms with van der Waals surface area (Å²) in [6.45, 7) is 1.75. The van der Waals surface area contributed by atoms with E-state index in [9.17, 15) is 14.3 Å². The van der Waals surface area contributed by atoms with Crippen molar-refractivity contribution in [1.82, 2.24) is 5.32 Å². The number of rotatable bonds is 5. The highest BCUT2D eigenvalue weighted by molar-refractivity contribution is 7.08. The molecule has 0 bridgehead atoms. The Balaban J connectivity index is 1.90. The van der Waals surface area contributed by atoms with Crippen molar-refractivity contribution in [3.63, 3.8) is 0 Å². The average Bonchev–Trinajstić information content (AvgIpc) is 2.98. The maximum Gasteiger partial charge on any atom is 0.244 e. The van der Waals surface area contributed by atoms with Crippen LogP contribution in [0, 0.1) is 5.82 Å². The summed E-state index contributed by atoms with van der Waals surface area (Å²) in [5.41, 5.74) is 0.263. The number of aliphatic hydroxyl groups is 1. The van der Waals surface area contributed by atoms with E-state index in [2.05, 4.69) is 5.32 Å². The Morgan fingerprint density at radius 2 is 2.29 bits per heavy atom. The molecule has 1 amide bonds. The lowest BCUT2D eigenvalue weighted by molar-refractivity contribution is -0.117. The van der Waals surface area contributed by atoms with Crippen molar-refractivity contribution < 1.29 is 14.3 Å². The molecule has 110 valence electrons. The van der Waals surface area contributed by atoms with E-state index in [-0.39, 0.29) is 18.3 Å². The van der Waals surface area contributed by atoms with Gasteiger partial charge in [-0.05, 0) is 53.1 Å². The van der Waals surface area contributed by atoms with Crippen molar-refractivity contribution in [2.75, 3.05) is 6.54 Å².